The first-order valence-electron chi connectivity index (χ1n) is 8.08. The van der Waals surface area contributed by atoms with E-state index in [1.54, 1.807) is 6.20 Å². The summed E-state index contributed by atoms with van der Waals surface area (Å²) in [5.74, 6) is 1.29. The van der Waals surface area contributed by atoms with Gasteiger partial charge in [0.15, 0.2) is 16.6 Å². The number of pyridine rings is 1. The Morgan fingerprint density at radius 3 is 2.64 bits per heavy atom. The number of nitrogens with zero attached hydrogens (tertiary/aromatic N) is 3. The average molecular weight is 352 g/mol. The van der Waals surface area contributed by atoms with E-state index >= 15 is 0 Å². The lowest BCUT2D eigenvalue weighted by molar-refractivity contribution is 0.978. The van der Waals surface area contributed by atoms with Gasteiger partial charge in [-0.15, -0.1) is 0 Å². The molecular weight excluding hydrogens is 332 g/mol. The smallest absolute Gasteiger partial charge is 0.182 e. The Balaban J connectivity index is 1.86. The number of hydrogen-bond donors (Lipinski definition) is 3. The Kier molecular flexibility index (Phi) is 5.04. The largest absolute Gasteiger partial charge is 0.363 e. The predicted octanol–water partition coefficient (Wildman–Crippen LogP) is 3.69. The summed E-state index contributed by atoms with van der Waals surface area (Å²) in [6, 6.07) is 9.92. The van der Waals surface area contributed by atoms with Crippen LogP contribution in [0, 0.1) is 13.8 Å². The summed E-state index contributed by atoms with van der Waals surface area (Å²) in [6.07, 6.45) is 1.71. The second kappa shape index (κ2) is 7.40. The first-order chi connectivity index (χ1) is 12.0. The normalized spacial score (nSPS) is 10.5. The molecule has 0 saturated carbocycles. The molecule has 0 unspecified atom stereocenters. The maximum absolute atomic E-state index is 5.18. The molecule has 0 aliphatic rings. The third kappa shape index (κ3) is 4.19. The zero-order chi connectivity index (χ0) is 17.8. The van der Waals surface area contributed by atoms with Crippen molar-refractivity contribution in [2.24, 2.45) is 0 Å². The van der Waals surface area contributed by atoms with Crippen LogP contribution in [0.25, 0.3) is 11.2 Å². The van der Waals surface area contributed by atoms with Gasteiger partial charge in [0.1, 0.15) is 11.3 Å². The summed E-state index contributed by atoms with van der Waals surface area (Å²) in [4.78, 5) is 13.5. The van der Waals surface area contributed by atoms with Gasteiger partial charge in [-0.25, -0.2) is 15.0 Å². The molecule has 0 aliphatic carbocycles. The van der Waals surface area contributed by atoms with E-state index in [0.29, 0.717) is 22.4 Å². The molecule has 0 radical (unpaired) electrons. The van der Waals surface area contributed by atoms with Crippen LogP contribution in [0.15, 0.2) is 36.5 Å². The molecule has 2 heterocycles. The van der Waals surface area contributed by atoms with Gasteiger partial charge in [0, 0.05) is 12.2 Å². The van der Waals surface area contributed by atoms with Crippen molar-refractivity contribution in [1.82, 2.24) is 20.3 Å². The number of benzene rings is 1. The number of aromatic nitrogens is 3. The summed E-state index contributed by atoms with van der Waals surface area (Å²) in [7, 11) is 0. The van der Waals surface area contributed by atoms with Gasteiger partial charge in [0.05, 0.1) is 6.20 Å². The second-order valence-electron chi connectivity index (χ2n) is 5.72. The minimum absolute atomic E-state index is 0.534. The van der Waals surface area contributed by atoms with Crippen molar-refractivity contribution in [3.05, 3.63) is 47.7 Å². The van der Waals surface area contributed by atoms with Crippen molar-refractivity contribution < 1.29 is 0 Å². The highest BCUT2D eigenvalue weighted by atomic mass is 32.1. The number of hydrogen-bond acceptors (Lipinski definition) is 5. The van der Waals surface area contributed by atoms with Gasteiger partial charge in [-0.1, -0.05) is 17.7 Å². The molecule has 0 fully saturated rings. The quantitative estimate of drug-likeness (QED) is 0.618. The monoisotopic (exact) mass is 352 g/mol. The van der Waals surface area contributed by atoms with Crippen molar-refractivity contribution in [3.8, 4) is 0 Å². The molecule has 0 aliphatic heterocycles. The van der Waals surface area contributed by atoms with Gasteiger partial charge in [0.2, 0.25) is 0 Å². The Morgan fingerprint density at radius 1 is 1.08 bits per heavy atom. The van der Waals surface area contributed by atoms with Crippen LogP contribution >= 0.6 is 12.2 Å². The molecule has 0 spiro atoms. The summed E-state index contributed by atoms with van der Waals surface area (Å²) in [6.45, 7) is 6.87. The second-order valence-corrected chi connectivity index (χ2v) is 6.13. The van der Waals surface area contributed by atoms with Crippen molar-refractivity contribution in [2.45, 2.75) is 20.8 Å². The zero-order valence-electron chi connectivity index (χ0n) is 14.4. The third-order valence-corrected chi connectivity index (χ3v) is 3.88. The van der Waals surface area contributed by atoms with E-state index in [1.807, 2.05) is 25.1 Å². The van der Waals surface area contributed by atoms with E-state index in [-0.39, 0.29) is 0 Å². The summed E-state index contributed by atoms with van der Waals surface area (Å²) >= 11 is 5.18. The fourth-order valence-electron chi connectivity index (χ4n) is 2.44. The number of rotatable bonds is 4. The minimum atomic E-state index is 0.534. The SMILES string of the molecule is CCNC(=S)Nc1ccc2ncc(Nc3ccc(C)cc3C)nc2n1. The summed E-state index contributed by atoms with van der Waals surface area (Å²) < 4.78 is 0. The van der Waals surface area contributed by atoms with Crippen molar-refractivity contribution in [2.75, 3.05) is 17.2 Å². The predicted molar refractivity (Wildman–Crippen MR) is 106 cm³/mol. The maximum atomic E-state index is 5.18. The number of nitrogens with one attached hydrogen (secondary N) is 3. The molecule has 25 heavy (non-hydrogen) atoms. The maximum Gasteiger partial charge on any atom is 0.182 e. The van der Waals surface area contributed by atoms with Crippen LogP contribution in [0.1, 0.15) is 18.1 Å². The number of aryl methyl sites for hydroxylation is 2. The van der Waals surface area contributed by atoms with Crippen molar-refractivity contribution in [1.29, 1.82) is 0 Å². The third-order valence-electron chi connectivity index (χ3n) is 3.63. The van der Waals surface area contributed by atoms with Gasteiger partial charge in [0.25, 0.3) is 0 Å². The van der Waals surface area contributed by atoms with Crippen LogP contribution in [0.2, 0.25) is 0 Å². The number of fused-ring (bicyclic) bond motifs is 1. The average Bonchev–Trinajstić information content (AvgIpc) is 2.57. The highest BCUT2D eigenvalue weighted by Gasteiger charge is 2.06. The van der Waals surface area contributed by atoms with Crippen LogP contribution < -0.4 is 16.0 Å². The van der Waals surface area contributed by atoms with E-state index in [2.05, 4.69) is 56.9 Å². The first-order valence-corrected chi connectivity index (χ1v) is 8.49. The lowest BCUT2D eigenvalue weighted by atomic mass is 10.1. The van der Waals surface area contributed by atoms with E-state index in [9.17, 15) is 0 Å². The minimum Gasteiger partial charge on any atom is -0.363 e. The molecule has 128 valence electrons. The molecule has 0 amide bonds. The van der Waals surface area contributed by atoms with Gasteiger partial charge < -0.3 is 16.0 Å². The van der Waals surface area contributed by atoms with Crippen LogP contribution in [-0.4, -0.2) is 26.6 Å². The Bertz CT molecular complexity index is 925. The van der Waals surface area contributed by atoms with Gasteiger partial charge in [-0.05, 0) is 56.8 Å². The Labute approximate surface area is 152 Å². The van der Waals surface area contributed by atoms with Crippen molar-refractivity contribution >= 4 is 45.8 Å². The molecule has 3 rings (SSSR count). The van der Waals surface area contributed by atoms with E-state index < -0.39 is 0 Å². The van der Waals surface area contributed by atoms with Gasteiger partial charge in [-0.2, -0.15) is 0 Å². The molecule has 3 aromatic rings. The van der Waals surface area contributed by atoms with E-state index in [4.69, 9.17) is 12.2 Å². The first kappa shape index (κ1) is 17.0. The van der Waals surface area contributed by atoms with Crippen LogP contribution in [0.4, 0.5) is 17.3 Å². The molecule has 0 saturated heterocycles. The van der Waals surface area contributed by atoms with Gasteiger partial charge >= 0.3 is 0 Å². The Hall–Kier alpha value is -2.80. The van der Waals surface area contributed by atoms with Crippen LogP contribution in [0.5, 0.6) is 0 Å². The summed E-state index contributed by atoms with van der Waals surface area (Å²) in [5, 5.41) is 9.90. The van der Waals surface area contributed by atoms with E-state index in [1.165, 1.54) is 5.56 Å². The lowest BCUT2D eigenvalue weighted by Gasteiger charge is -2.11. The van der Waals surface area contributed by atoms with Crippen LogP contribution in [0.3, 0.4) is 0 Å². The molecule has 1 aromatic carbocycles. The highest BCUT2D eigenvalue weighted by Crippen LogP contribution is 2.21. The van der Waals surface area contributed by atoms with Crippen molar-refractivity contribution in [3.63, 3.8) is 0 Å². The number of thiocarbonyl (C=S) groups is 1. The van der Waals surface area contributed by atoms with Crippen LogP contribution in [-0.2, 0) is 0 Å². The molecular formula is C18H20N6S. The topological polar surface area (TPSA) is 74.8 Å². The molecule has 3 N–H and O–H groups in total. The lowest BCUT2D eigenvalue weighted by Crippen LogP contribution is -2.28. The molecule has 0 bridgehead atoms. The fraction of sp³-hybridized carbons (Fsp3) is 0.222. The fourth-order valence-corrected chi connectivity index (χ4v) is 2.69. The molecule has 0 atom stereocenters. The summed E-state index contributed by atoms with van der Waals surface area (Å²) in [5.41, 5.74) is 4.66. The molecule has 2 aromatic heterocycles. The highest BCUT2D eigenvalue weighted by molar-refractivity contribution is 7.80. The molecule has 7 heteroatoms. The van der Waals surface area contributed by atoms with Gasteiger partial charge in [-0.3, -0.25) is 0 Å². The standard InChI is InChI=1S/C18H20N6S/c1-4-19-18(25)24-15-8-7-14-17(22-15)23-16(10-20-14)21-13-6-5-11(2)9-12(13)3/h5-10H,4H2,1-3H3,(H3,19,21,22,23,24,25). The zero-order valence-corrected chi connectivity index (χ0v) is 15.2. The Morgan fingerprint density at radius 2 is 1.88 bits per heavy atom. The number of anilines is 3. The molecule has 6 nitrogen and oxygen atoms in total. The van der Waals surface area contributed by atoms with E-state index in [0.717, 1.165) is 23.3 Å².